The number of hydrogen-bond donors (Lipinski definition) is 3. The van der Waals surface area contributed by atoms with Crippen molar-refractivity contribution in [2.45, 2.75) is 74.9 Å². The molecule has 1 aliphatic heterocycles. The van der Waals surface area contributed by atoms with E-state index in [1.54, 1.807) is 12.1 Å². The zero-order chi connectivity index (χ0) is 26.0. The van der Waals surface area contributed by atoms with E-state index in [9.17, 15) is 18.0 Å². The van der Waals surface area contributed by atoms with Gasteiger partial charge in [0.2, 0.25) is 11.8 Å². The van der Waals surface area contributed by atoms with Gasteiger partial charge in [-0.05, 0) is 80.8 Å². The Labute approximate surface area is 218 Å². The van der Waals surface area contributed by atoms with Crippen molar-refractivity contribution in [3.05, 3.63) is 77.1 Å². The summed E-state index contributed by atoms with van der Waals surface area (Å²) in [7, 11) is -4.00. The molecule has 2 aromatic rings. The van der Waals surface area contributed by atoms with Gasteiger partial charge in [0.15, 0.2) is 0 Å². The van der Waals surface area contributed by atoms with Crippen molar-refractivity contribution in [3.63, 3.8) is 0 Å². The Hall–Kier alpha value is -3.17. The predicted octanol–water partition coefficient (Wildman–Crippen LogP) is 2.83. The normalized spacial score (nSPS) is 21.3. The maximum Gasteiger partial charge on any atom is 0.264 e. The Bertz CT molecular complexity index is 1300. The number of fused-ring (bicyclic) bond motifs is 1. The number of rotatable bonds is 9. The van der Waals surface area contributed by atoms with Gasteiger partial charge in [0.1, 0.15) is 6.04 Å². The number of nitrogens with zero attached hydrogens (tertiary/aromatic N) is 1. The first kappa shape index (κ1) is 25.5. The van der Waals surface area contributed by atoms with Crippen LogP contribution in [0.5, 0.6) is 0 Å². The summed E-state index contributed by atoms with van der Waals surface area (Å²) in [6.07, 6.45) is 8.62. The largest absolute Gasteiger partial charge is 0.349 e. The van der Waals surface area contributed by atoms with Crippen LogP contribution in [0.2, 0.25) is 0 Å². The lowest BCUT2D eigenvalue weighted by Gasteiger charge is -2.32. The maximum atomic E-state index is 13.3. The molecule has 0 unspecified atom stereocenters. The lowest BCUT2D eigenvalue weighted by Crippen LogP contribution is -2.51. The minimum absolute atomic E-state index is 0.0761. The molecule has 3 aliphatic rings. The highest BCUT2D eigenvalue weighted by Crippen LogP contribution is 2.31. The molecule has 0 bridgehead atoms. The van der Waals surface area contributed by atoms with E-state index >= 15 is 0 Å². The summed E-state index contributed by atoms with van der Waals surface area (Å²) in [5, 5.41) is 9.16. The number of benzene rings is 2. The predicted molar refractivity (Wildman–Crippen MR) is 141 cm³/mol. The molecular formula is C28H34N4O4S. The third kappa shape index (κ3) is 5.88. The van der Waals surface area contributed by atoms with Crippen LogP contribution in [-0.4, -0.2) is 43.2 Å². The number of nitrogens with one attached hydrogen (secondary N) is 3. The molecule has 1 saturated carbocycles. The van der Waals surface area contributed by atoms with E-state index in [0.717, 1.165) is 47.7 Å². The fraction of sp³-hybridized carbons (Fsp3) is 0.429. The highest BCUT2D eigenvalue weighted by molar-refractivity contribution is 7.89. The van der Waals surface area contributed by atoms with Gasteiger partial charge in [-0.2, -0.15) is 0 Å². The number of carbonyl (C=O) groups excluding carboxylic acids is 2. The first-order chi connectivity index (χ1) is 17.8. The Balaban J connectivity index is 1.26. The van der Waals surface area contributed by atoms with Crippen molar-refractivity contribution in [1.82, 2.24) is 20.3 Å². The number of carbonyl (C=O) groups is 2. The molecule has 8 nitrogen and oxygen atoms in total. The lowest BCUT2D eigenvalue weighted by molar-refractivity contribution is -0.129. The van der Waals surface area contributed by atoms with Crippen LogP contribution in [0.3, 0.4) is 0 Å². The molecule has 2 amide bonds. The van der Waals surface area contributed by atoms with Crippen molar-refractivity contribution in [2.75, 3.05) is 6.54 Å². The quantitative estimate of drug-likeness (QED) is 0.470. The van der Waals surface area contributed by atoms with Crippen LogP contribution in [0, 0.1) is 6.92 Å². The standard InChI is InChI=1S/C28H34N4O4S/c1-19-5-10-23(11-6-19)37(35,36)32-16-15-30-28(34)26(32)18-27(33)31-25-4-2-3-21-17-20(7-12-24(21)25)13-14-29-22-8-9-22/h5-7,10-12,15-17,22,25-26,29H,2-4,8-9,13-14,18H2,1H3,(H,30,34)(H,31,33)/t25-,26-/m1/s1. The van der Waals surface area contributed by atoms with Crippen LogP contribution in [0.15, 0.2) is 59.8 Å². The molecule has 2 atom stereocenters. The van der Waals surface area contributed by atoms with E-state index in [-0.39, 0.29) is 23.3 Å². The monoisotopic (exact) mass is 522 g/mol. The van der Waals surface area contributed by atoms with Crippen LogP contribution in [0.1, 0.15) is 60.4 Å². The van der Waals surface area contributed by atoms with E-state index in [1.165, 1.54) is 48.5 Å². The van der Waals surface area contributed by atoms with Crippen molar-refractivity contribution in [1.29, 1.82) is 0 Å². The van der Waals surface area contributed by atoms with E-state index in [4.69, 9.17) is 0 Å². The Morgan fingerprint density at radius 3 is 2.65 bits per heavy atom. The maximum absolute atomic E-state index is 13.3. The van der Waals surface area contributed by atoms with Gasteiger partial charge in [-0.3, -0.25) is 13.9 Å². The van der Waals surface area contributed by atoms with Gasteiger partial charge in [0, 0.05) is 18.4 Å². The molecule has 1 heterocycles. The van der Waals surface area contributed by atoms with Gasteiger partial charge in [0.25, 0.3) is 10.0 Å². The topological polar surface area (TPSA) is 108 Å². The second kappa shape index (κ2) is 10.7. The van der Waals surface area contributed by atoms with E-state index in [2.05, 4.69) is 34.1 Å². The fourth-order valence-corrected chi connectivity index (χ4v) is 6.53. The van der Waals surface area contributed by atoms with Crippen LogP contribution in [0.4, 0.5) is 0 Å². The summed E-state index contributed by atoms with van der Waals surface area (Å²) < 4.78 is 27.6. The first-order valence-electron chi connectivity index (χ1n) is 13.0. The SMILES string of the molecule is Cc1ccc(S(=O)(=O)N2C=CNC(=O)[C@H]2CC(=O)N[C@@H]2CCCc3cc(CCNC4CC4)ccc32)cc1. The van der Waals surface area contributed by atoms with Gasteiger partial charge in [-0.1, -0.05) is 35.9 Å². The molecule has 0 spiro atoms. The molecular weight excluding hydrogens is 488 g/mol. The van der Waals surface area contributed by atoms with Gasteiger partial charge in [-0.15, -0.1) is 0 Å². The van der Waals surface area contributed by atoms with E-state index in [1.807, 2.05) is 6.92 Å². The van der Waals surface area contributed by atoms with E-state index < -0.39 is 22.0 Å². The van der Waals surface area contributed by atoms with Crippen molar-refractivity contribution in [2.24, 2.45) is 0 Å². The smallest absolute Gasteiger partial charge is 0.264 e. The third-order valence-corrected chi connectivity index (χ3v) is 9.11. The summed E-state index contributed by atoms with van der Waals surface area (Å²) in [6, 6.07) is 12.3. The molecule has 1 fully saturated rings. The average Bonchev–Trinajstić information content (AvgIpc) is 3.70. The zero-order valence-corrected chi connectivity index (χ0v) is 21.9. The molecule has 2 aromatic carbocycles. The zero-order valence-electron chi connectivity index (χ0n) is 21.1. The van der Waals surface area contributed by atoms with E-state index in [0.29, 0.717) is 6.04 Å². The van der Waals surface area contributed by atoms with Crippen molar-refractivity contribution >= 4 is 21.8 Å². The molecule has 5 rings (SSSR count). The molecule has 0 aromatic heterocycles. The third-order valence-electron chi connectivity index (χ3n) is 7.31. The van der Waals surface area contributed by atoms with Crippen LogP contribution >= 0.6 is 0 Å². The van der Waals surface area contributed by atoms with Gasteiger partial charge in [0.05, 0.1) is 17.4 Å². The molecule has 3 N–H and O–H groups in total. The number of amides is 2. The first-order valence-corrected chi connectivity index (χ1v) is 14.5. The molecule has 37 heavy (non-hydrogen) atoms. The summed E-state index contributed by atoms with van der Waals surface area (Å²) in [4.78, 5) is 25.9. The van der Waals surface area contributed by atoms with Crippen molar-refractivity contribution in [3.8, 4) is 0 Å². The highest BCUT2D eigenvalue weighted by Gasteiger charge is 2.37. The molecule has 196 valence electrons. The summed E-state index contributed by atoms with van der Waals surface area (Å²) in [5.41, 5.74) is 4.58. The van der Waals surface area contributed by atoms with Crippen LogP contribution in [-0.2, 0) is 32.5 Å². The van der Waals surface area contributed by atoms with Crippen LogP contribution in [0.25, 0.3) is 0 Å². The lowest BCUT2D eigenvalue weighted by atomic mass is 9.86. The second-order valence-electron chi connectivity index (χ2n) is 10.2. The molecule has 2 aliphatic carbocycles. The Morgan fingerprint density at radius 2 is 1.89 bits per heavy atom. The molecule has 9 heteroatoms. The Kier molecular flexibility index (Phi) is 7.35. The summed E-state index contributed by atoms with van der Waals surface area (Å²) >= 11 is 0. The summed E-state index contributed by atoms with van der Waals surface area (Å²) in [6.45, 7) is 2.85. The fourth-order valence-electron chi connectivity index (χ4n) is 5.08. The molecule has 0 saturated heterocycles. The number of sulfonamides is 1. The Morgan fingerprint density at radius 1 is 1.11 bits per heavy atom. The second-order valence-corrected chi connectivity index (χ2v) is 12.1. The average molecular weight is 523 g/mol. The van der Waals surface area contributed by atoms with Gasteiger partial charge < -0.3 is 16.0 Å². The van der Waals surface area contributed by atoms with Gasteiger partial charge >= 0.3 is 0 Å². The number of hydrogen-bond acceptors (Lipinski definition) is 5. The highest BCUT2D eigenvalue weighted by atomic mass is 32.2. The van der Waals surface area contributed by atoms with Crippen molar-refractivity contribution < 1.29 is 18.0 Å². The van der Waals surface area contributed by atoms with Crippen LogP contribution < -0.4 is 16.0 Å². The summed E-state index contributed by atoms with van der Waals surface area (Å²) in [5.74, 6) is -0.878. The minimum Gasteiger partial charge on any atom is -0.349 e. The van der Waals surface area contributed by atoms with Gasteiger partial charge in [-0.25, -0.2) is 8.42 Å². The minimum atomic E-state index is -4.00. The number of aryl methyl sites for hydroxylation is 2. The molecule has 0 radical (unpaired) electrons.